The number of rotatable bonds is 5. The maximum atomic E-state index is 6.22. The second-order valence-electron chi connectivity index (χ2n) is 7.03. The lowest BCUT2D eigenvalue weighted by molar-refractivity contribution is 0.483. The van der Waals surface area contributed by atoms with E-state index in [1.807, 2.05) is 71.4 Å². The molecule has 0 saturated heterocycles. The number of halogens is 1. The van der Waals surface area contributed by atoms with Crippen LogP contribution in [-0.2, 0) is 6.54 Å². The zero-order valence-corrected chi connectivity index (χ0v) is 18.0. The maximum Gasteiger partial charge on any atom is 0.164 e. The van der Waals surface area contributed by atoms with E-state index < -0.39 is 0 Å². The molecule has 31 heavy (non-hydrogen) atoms. The van der Waals surface area contributed by atoms with Crippen molar-refractivity contribution in [1.82, 2.24) is 19.7 Å². The number of benzene rings is 3. The molecule has 0 aliphatic rings. The predicted octanol–water partition coefficient (Wildman–Crippen LogP) is 5.68. The largest absolute Gasteiger partial charge is 0.457 e. The quantitative estimate of drug-likeness (QED) is 0.356. The summed E-state index contributed by atoms with van der Waals surface area (Å²) < 4.78 is 8.79. The van der Waals surface area contributed by atoms with Crippen molar-refractivity contribution in [3.05, 3.63) is 95.2 Å². The zero-order chi connectivity index (χ0) is 21.2. The lowest BCUT2D eigenvalue weighted by Gasteiger charge is -2.06. The number of hydrogen-bond acceptors (Lipinski definition) is 5. The van der Waals surface area contributed by atoms with E-state index in [2.05, 4.69) is 38.0 Å². The first kappa shape index (κ1) is 19.3. The van der Waals surface area contributed by atoms with Gasteiger partial charge in [0.15, 0.2) is 5.65 Å². The molecule has 5 aromatic rings. The average molecular weight is 472 g/mol. The molecule has 0 aliphatic carbocycles. The Kier molecular flexibility index (Phi) is 5.09. The molecule has 7 heteroatoms. The summed E-state index contributed by atoms with van der Waals surface area (Å²) in [5.41, 5.74) is 9.70. The van der Waals surface area contributed by atoms with Gasteiger partial charge in [-0.25, -0.2) is 14.6 Å². The standard InChI is InChI=1S/C24H18BrN5O/c25-18-10-6-16(7-11-18)14-30-24-21(23(26)27-15-28-24)22(29-30)17-8-12-20(13-9-17)31-19-4-2-1-3-5-19/h1-13,15H,14H2,(H2,26,27,28). The van der Waals surface area contributed by atoms with Crippen LogP contribution in [0.4, 0.5) is 5.82 Å². The summed E-state index contributed by atoms with van der Waals surface area (Å²) in [4.78, 5) is 8.63. The van der Waals surface area contributed by atoms with Gasteiger partial charge in [0.05, 0.1) is 11.9 Å². The molecule has 2 heterocycles. The molecule has 5 rings (SSSR count). The molecule has 2 N–H and O–H groups in total. The Bertz CT molecular complexity index is 1330. The van der Waals surface area contributed by atoms with Crippen LogP contribution >= 0.6 is 15.9 Å². The van der Waals surface area contributed by atoms with Crippen molar-refractivity contribution >= 4 is 32.8 Å². The number of hydrogen-bond donors (Lipinski definition) is 1. The minimum Gasteiger partial charge on any atom is -0.457 e. The van der Waals surface area contributed by atoms with E-state index in [9.17, 15) is 0 Å². The van der Waals surface area contributed by atoms with E-state index in [1.54, 1.807) is 0 Å². The van der Waals surface area contributed by atoms with Gasteiger partial charge in [0.25, 0.3) is 0 Å². The van der Waals surface area contributed by atoms with Crippen molar-refractivity contribution in [2.75, 3.05) is 5.73 Å². The van der Waals surface area contributed by atoms with Crippen LogP contribution in [0.3, 0.4) is 0 Å². The minimum atomic E-state index is 0.409. The molecule has 0 fully saturated rings. The van der Waals surface area contributed by atoms with Crippen LogP contribution in [0.25, 0.3) is 22.3 Å². The number of nitrogens with zero attached hydrogens (tertiary/aromatic N) is 4. The molecule has 0 radical (unpaired) electrons. The first-order valence-electron chi connectivity index (χ1n) is 9.72. The zero-order valence-electron chi connectivity index (χ0n) is 16.4. The fourth-order valence-corrected chi connectivity index (χ4v) is 3.68. The number of anilines is 1. The van der Waals surface area contributed by atoms with Crippen molar-refractivity contribution in [1.29, 1.82) is 0 Å². The summed E-state index contributed by atoms with van der Waals surface area (Å²) >= 11 is 3.47. The molecule has 2 aromatic heterocycles. The first-order valence-corrected chi connectivity index (χ1v) is 10.5. The first-order chi connectivity index (χ1) is 15.2. The molecule has 152 valence electrons. The number of ether oxygens (including phenoxy) is 1. The number of aromatic nitrogens is 4. The highest BCUT2D eigenvalue weighted by molar-refractivity contribution is 9.10. The third-order valence-electron chi connectivity index (χ3n) is 4.91. The molecular formula is C24H18BrN5O. The van der Waals surface area contributed by atoms with Gasteiger partial charge >= 0.3 is 0 Å². The summed E-state index contributed by atoms with van der Waals surface area (Å²) in [6, 6.07) is 25.6. The van der Waals surface area contributed by atoms with Crippen LogP contribution < -0.4 is 10.5 Å². The Labute approximate surface area is 187 Å². The van der Waals surface area contributed by atoms with Crippen molar-refractivity contribution in [3.63, 3.8) is 0 Å². The topological polar surface area (TPSA) is 78.8 Å². The Balaban J connectivity index is 1.51. The summed E-state index contributed by atoms with van der Waals surface area (Å²) in [6.45, 7) is 0.579. The third kappa shape index (κ3) is 4.00. The van der Waals surface area contributed by atoms with E-state index in [-0.39, 0.29) is 0 Å². The fraction of sp³-hybridized carbons (Fsp3) is 0.0417. The van der Waals surface area contributed by atoms with E-state index in [0.29, 0.717) is 18.0 Å². The van der Waals surface area contributed by atoms with Crippen molar-refractivity contribution < 1.29 is 4.74 Å². The smallest absolute Gasteiger partial charge is 0.164 e. The molecule has 0 aliphatic heterocycles. The lowest BCUT2D eigenvalue weighted by atomic mass is 10.1. The Morgan fingerprint density at radius 1 is 0.839 bits per heavy atom. The van der Waals surface area contributed by atoms with Crippen LogP contribution in [0.1, 0.15) is 5.56 Å². The molecule has 0 spiro atoms. The van der Waals surface area contributed by atoms with Crippen molar-refractivity contribution in [3.8, 4) is 22.8 Å². The van der Waals surface area contributed by atoms with E-state index in [0.717, 1.165) is 38.2 Å². The van der Waals surface area contributed by atoms with Gasteiger partial charge in [0.2, 0.25) is 0 Å². The highest BCUT2D eigenvalue weighted by Gasteiger charge is 2.17. The number of fused-ring (bicyclic) bond motifs is 1. The molecule has 3 aromatic carbocycles. The SMILES string of the molecule is Nc1ncnc2c1c(-c1ccc(Oc3ccccc3)cc1)nn2Cc1ccc(Br)cc1. The Morgan fingerprint density at radius 3 is 2.29 bits per heavy atom. The van der Waals surface area contributed by atoms with E-state index >= 15 is 0 Å². The number of para-hydroxylation sites is 1. The number of nitrogens with two attached hydrogens (primary N) is 1. The number of nitrogen functional groups attached to an aromatic ring is 1. The summed E-state index contributed by atoms with van der Waals surface area (Å²) in [7, 11) is 0. The Hall–Kier alpha value is -3.71. The predicted molar refractivity (Wildman–Crippen MR) is 125 cm³/mol. The second kappa shape index (κ2) is 8.20. The summed E-state index contributed by atoms with van der Waals surface area (Å²) in [5, 5.41) is 5.58. The van der Waals surface area contributed by atoms with Crippen LogP contribution in [0, 0.1) is 0 Å². The molecule has 0 saturated carbocycles. The van der Waals surface area contributed by atoms with Gasteiger partial charge in [-0.1, -0.05) is 46.3 Å². The average Bonchev–Trinajstić information content (AvgIpc) is 3.16. The van der Waals surface area contributed by atoms with Crippen LogP contribution in [0.5, 0.6) is 11.5 Å². The molecule has 0 amide bonds. The van der Waals surface area contributed by atoms with E-state index in [4.69, 9.17) is 15.6 Å². The minimum absolute atomic E-state index is 0.409. The van der Waals surface area contributed by atoms with Crippen molar-refractivity contribution in [2.45, 2.75) is 6.54 Å². The maximum absolute atomic E-state index is 6.22. The van der Waals surface area contributed by atoms with Gasteiger partial charge in [0, 0.05) is 10.0 Å². The fourth-order valence-electron chi connectivity index (χ4n) is 3.41. The summed E-state index contributed by atoms with van der Waals surface area (Å²) in [6.07, 6.45) is 1.47. The highest BCUT2D eigenvalue weighted by Crippen LogP contribution is 2.32. The van der Waals surface area contributed by atoms with E-state index in [1.165, 1.54) is 6.33 Å². The normalized spacial score (nSPS) is 11.0. The third-order valence-corrected chi connectivity index (χ3v) is 5.44. The van der Waals surface area contributed by atoms with Gasteiger partial charge in [-0.05, 0) is 54.1 Å². The molecule has 0 bridgehead atoms. The Morgan fingerprint density at radius 2 is 1.55 bits per heavy atom. The molecule has 0 unspecified atom stereocenters. The second-order valence-corrected chi connectivity index (χ2v) is 7.95. The van der Waals surface area contributed by atoms with Gasteiger partial charge in [-0.3, -0.25) is 0 Å². The molecule has 6 nitrogen and oxygen atoms in total. The van der Waals surface area contributed by atoms with Crippen LogP contribution in [0.2, 0.25) is 0 Å². The van der Waals surface area contributed by atoms with Crippen molar-refractivity contribution in [2.24, 2.45) is 0 Å². The van der Waals surface area contributed by atoms with Gasteiger partial charge in [0.1, 0.15) is 29.3 Å². The van der Waals surface area contributed by atoms with Gasteiger partial charge in [-0.2, -0.15) is 5.10 Å². The lowest BCUT2D eigenvalue weighted by Crippen LogP contribution is -2.03. The highest BCUT2D eigenvalue weighted by atomic mass is 79.9. The van der Waals surface area contributed by atoms with Crippen LogP contribution in [-0.4, -0.2) is 19.7 Å². The molecule has 0 atom stereocenters. The van der Waals surface area contributed by atoms with Gasteiger partial charge < -0.3 is 10.5 Å². The van der Waals surface area contributed by atoms with Gasteiger partial charge in [-0.15, -0.1) is 0 Å². The summed E-state index contributed by atoms with van der Waals surface area (Å²) in [5.74, 6) is 1.95. The van der Waals surface area contributed by atoms with Crippen LogP contribution in [0.15, 0.2) is 89.7 Å². The monoisotopic (exact) mass is 471 g/mol. The molecular weight excluding hydrogens is 454 g/mol.